The van der Waals surface area contributed by atoms with Crippen LogP contribution in [-0.4, -0.2) is 30.3 Å². The SMILES string of the molecule is C=CCn1c(-c2cccnc2)nn(CN(Cc2ccc(F)cc2)C2CC2)c1=S. The van der Waals surface area contributed by atoms with Crippen LogP contribution in [0.25, 0.3) is 11.4 Å². The number of halogens is 1. The monoisotopic (exact) mass is 395 g/mol. The Balaban J connectivity index is 1.63. The molecule has 0 saturated heterocycles. The predicted octanol–water partition coefficient (Wildman–Crippen LogP) is 4.42. The van der Waals surface area contributed by atoms with Gasteiger partial charge in [-0.1, -0.05) is 18.2 Å². The molecule has 0 radical (unpaired) electrons. The Morgan fingerprint density at radius 2 is 2.04 bits per heavy atom. The minimum Gasteiger partial charge on any atom is -0.296 e. The maximum atomic E-state index is 13.2. The highest BCUT2D eigenvalue weighted by Gasteiger charge is 2.30. The minimum atomic E-state index is -0.215. The lowest BCUT2D eigenvalue weighted by atomic mass is 10.2. The highest BCUT2D eigenvalue weighted by molar-refractivity contribution is 7.71. The summed E-state index contributed by atoms with van der Waals surface area (Å²) in [5, 5.41) is 4.79. The van der Waals surface area contributed by atoms with Gasteiger partial charge in [0.15, 0.2) is 10.6 Å². The zero-order chi connectivity index (χ0) is 19.5. The summed E-state index contributed by atoms with van der Waals surface area (Å²) in [7, 11) is 0. The molecule has 0 unspecified atom stereocenters. The van der Waals surface area contributed by atoms with E-state index in [2.05, 4.69) is 16.5 Å². The maximum absolute atomic E-state index is 13.2. The third kappa shape index (κ3) is 4.10. The van der Waals surface area contributed by atoms with E-state index >= 15 is 0 Å². The van der Waals surface area contributed by atoms with Crippen LogP contribution in [0.5, 0.6) is 0 Å². The number of rotatable bonds is 8. The molecule has 0 bridgehead atoms. The molecule has 0 amide bonds. The van der Waals surface area contributed by atoms with Crippen molar-refractivity contribution in [2.24, 2.45) is 0 Å². The summed E-state index contributed by atoms with van der Waals surface area (Å²) in [6, 6.07) is 11.1. The largest absolute Gasteiger partial charge is 0.296 e. The van der Waals surface area contributed by atoms with Crippen LogP contribution in [0.15, 0.2) is 61.4 Å². The first-order valence-corrected chi connectivity index (χ1v) is 9.74. The molecule has 1 aliphatic rings. The zero-order valence-corrected chi connectivity index (χ0v) is 16.4. The molecule has 144 valence electrons. The number of aromatic nitrogens is 4. The van der Waals surface area contributed by atoms with Crippen LogP contribution in [0.1, 0.15) is 18.4 Å². The average molecular weight is 396 g/mol. The van der Waals surface area contributed by atoms with Crippen LogP contribution in [-0.2, 0) is 19.8 Å². The van der Waals surface area contributed by atoms with Gasteiger partial charge in [0.25, 0.3) is 0 Å². The summed E-state index contributed by atoms with van der Waals surface area (Å²) < 4.78 is 17.7. The van der Waals surface area contributed by atoms with Crippen molar-refractivity contribution in [3.8, 4) is 11.4 Å². The second-order valence-corrected chi connectivity index (χ2v) is 7.36. The maximum Gasteiger partial charge on any atom is 0.199 e. The van der Waals surface area contributed by atoms with Crippen LogP contribution >= 0.6 is 12.2 Å². The van der Waals surface area contributed by atoms with Gasteiger partial charge in [0.05, 0.1) is 6.67 Å². The Kier molecular flexibility index (Phi) is 5.45. The fraction of sp³-hybridized carbons (Fsp3) is 0.286. The lowest BCUT2D eigenvalue weighted by molar-refractivity contribution is 0.186. The molecular weight excluding hydrogens is 373 g/mol. The quantitative estimate of drug-likeness (QED) is 0.418. The van der Waals surface area contributed by atoms with Gasteiger partial charge in [-0.05, 0) is 54.9 Å². The Morgan fingerprint density at radius 1 is 1.25 bits per heavy atom. The number of hydrogen-bond acceptors (Lipinski definition) is 4. The van der Waals surface area contributed by atoms with Crippen molar-refractivity contribution < 1.29 is 4.39 Å². The standard InChI is InChI=1S/C21H22FN5S/c1-2-12-26-20(17-4-3-11-23-13-17)24-27(21(26)28)15-25(19-9-10-19)14-16-5-7-18(22)8-6-16/h2-8,11,13,19H,1,9-10,12,14-15H2. The van der Waals surface area contributed by atoms with Crippen LogP contribution in [0.2, 0.25) is 0 Å². The molecule has 7 heteroatoms. The summed E-state index contributed by atoms with van der Waals surface area (Å²) in [4.78, 5) is 6.55. The van der Waals surface area contributed by atoms with E-state index in [1.54, 1.807) is 12.4 Å². The molecule has 0 spiro atoms. The predicted molar refractivity (Wildman–Crippen MR) is 109 cm³/mol. The van der Waals surface area contributed by atoms with Gasteiger partial charge in [0, 0.05) is 37.1 Å². The van der Waals surface area contributed by atoms with Gasteiger partial charge in [-0.2, -0.15) is 5.10 Å². The van der Waals surface area contributed by atoms with E-state index in [1.807, 2.05) is 39.6 Å². The number of nitrogens with zero attached hydrogens (tertiary/aromatic N) is 5. The van der Waals surface area contributed by atoms with E-state index in [-0.39, 0.29) is 5.82 Å². The van der Waals surface area contributed by atoms with E-state index in [0.717, 1.165) is 36.3 Å². The number of pyridine rings is 1. The molecule has 0 aliphatic heterocycles. The van der Waals surface area contributed by atoms with Crippen molar-refractivity contribution in [2.45, 2.75) is 38.6 Å². The summed E-state index contributed by atoms with van der Waals surface area (Å²) in [6.45, 7) is 5.76. The van der Waals surface area contributed by atoms with Crippen molar-refractivity contribution in [3.05, 3.63) is 77.6 Å². The number of benzene rings is 1. The summed E-state index contributed by atoms with van der Waals surface area (Å²) in [5.74, 6) is 0.573. The van der Waals surface area contributed by atoms with Gasteiger partial charge in [0.1, 0.15) is 5.82 Å². The fourth-order valence-electron chi connectivity index (χ4n) is 3.27. The van der Waals surface area contributed by atoms with Crippen LogP contribution in [0.4, 0.5) is 4.39 Å². The van der Waals surface area contributed by atoms with Gasteiger partial charge >= 0.3 is 0 Å². The van der Waals surface area contributed by atoms with Crippen molar-refractivity contribution in [2.75, 3.05) is 0 Å². The van der Waals surface area contributed by atoms with Crippen LogP contribution < -0.4 is 0 Å². The van der Waals surface area contributed by atoms with Crippen molar-refractivity contribution >= 4 is 12.2 Å². The molecule has 4 rings (SSSR count). The molecule has 1 aliphatic carbocycles. The number of hydrogen-bond donors (Lipinski definition) is 0. The van der Waals surface area contributed by atoms with Gasteiger partial charge in [-0.3, -0.25) is 14.5 Å². The second kappa shape index (κ2) is 8.16. The van der Waals surface area contributed by atoms with Gasteiger partial charge < -0.3 is 0 Å². The molecule has 5 nitrogen and oxygen atoms in total. The third-order valence-corrected chi connectivity index (χ3v) is 5.26. The Bertz CT molecular complexity index is 1010. The van der Waals surface area contributed by atoms with Gasteiger partial charge in [0.2, 0.25) is 0 Å². The first-order chi connectivity index (χ1) is 13.7. The van der Waals surface area contributed by atoms with Crippen LogP contribution in [0, 0.1) is 10.6 Å². The average Bonchev–Trinajstić information content (AvgIpc) is 3.51. The Labute approximate surface area is 168 Å². The van der Waals surface area contributed by atoms with E-state index in [0.29, 0.717) is 24.0 Å². The Morgan fingerprint density at radius 3 is 2.68 bits per heavy atom. The van der Waals surface area contributed by atoms with Gasteiger partial charge in [-0.25, -0.2) is 9.07 Å². The lowest BCUT2D eigenvalue weighted by Crippen LogP contribution is -2.29. The molecule has 1 fully saturated rings. The van der Waals surface area contributed by atoms with Crippen molar-refractivity contribution in [3.63, 3.8) is 0 Å². The molecule has 2 aromatic heterocycles. The zero-order valence-electron chi connectivity index (χ0n) is 15.5. The number of allylic oxidation sites excluding steroid dienone is 1. The minimum absolute atomic E-state index is 0.215. The van der Waals surface area contributed by atoms with E-state index in [4.69, 9.17) is 17.3 Å². The second-order valence-electron chi connectivity index (χ2n) is 6.99. The van der Waals surface area contributed by atoms with E-state index < -0.39 is 0 Å². The molecule has 1 saturated carbocycles. The van der Waals surface area contributed by atoms with Gasteiger partial charge in [-0.15, -0.1) is 6.58 Å². The Hall–Kier alpha value is -2.64. The van der Waals surface area contributed by atoms with Crippen LogP contribution in [0.3, 0.4) is 0 Å². The molecule has 2 heterocycles. The lowest BCUT2D eigenvalue weighted by Gasteiger charge is -2.21. The summed E-state index contributed by atoms with van der Waals surface area (Å²) >= 11 is 5.70. The summed E-state index contributed by atoms with van der Waals surface area (Å²) in [5.41, 5.74) is 2.00. The molecule has 0 N–H and O–H groups in total. The highest BCUT2D eigenvalue weighted by atomic mass is 32.1. The fourth-order valence-corrected chi connectivity index (χ4v) is 3.53. The molecule has 0 atom stereocenters. The highest BCUT2D eigenvalue weighted by Crippen LogP contribution is 2.29. The molecule has 1 aromatic carbocycles. The molecule has 3 aromatic rings. The van der Waals surface area contributed by atoms with E-state index in [1.165, 1.54) is 12.1 Å². The third-order valence-electron chi connectivity index (χ3n) is 4.83. The van der Waals surface area contributed by atoms with E-state index in [9.17, 15) is 4.39 Å². The smallest absolute Gasteiger partial charge is 0.199 e. The van der Waals surface area contributed by atoms with Crippen molar-refractivity contribution in [1.82, 2.24) is 24.2 Å². The van der Waals surface area contributed by atoms with Crippen molar-refractivity contribution in [1.29, 1.82) is 0 Å². The first kappa shape index (κ1) is 18.7. The molecular formula is C21H22FN5S. The molecule has 28 heavy (non-hydrogen) atoms. The first-order valence-electron chi connectivity index (χ1n) is 9.33. The topological polar surface area (TPSA) is 38.9 Å². The summed E-state index contributed by atoms with van der Waals surface area (Å²) in [6.07, 6.45) is 7.68. The normalized spacial score (nSPS) is 13.8.